The molecular weight excluding hydrogens is 376 g/mol. The number of ketones is 2. The summed E-state index contributed by atoms with van der Waals surface area (Å²) in [7, 11) is -1.86. The second-order valence-electron chi connectivity index (χ2n) is 12.2. The minimum absolute atomic E-state index is 0.0271. The first kappa shape index (κ1) is 21.5. The average molecular weight is 417 g/mol. The summed E-state index contributed by atoms with van der Waals surface area (Å²) in [5.74, 6) is 2.54. The highest BCUT2D eigenvalue weighted by Gasteiger charge is 2.60. The molecule has 0 aromatic rings. The maximum absolute atomic E-state index is 12.7. The summed E-state index contributed by atoms with van der Waals surface area (Å²) in [6.07, 6.45) is 9.78. The second kappa shape index (κ2) is 6.88. The van der Waals surface area contributed by atoms with E-state index in [0.717, 1.165) is 51.6 Å². The molecule has 29 heavy (non-hydrogen) atoms. The lowest BCUT2D eigenvalue weighted by atomic mass is 9.47. The molecule has 0 radical (unpaired) electrons. The summed E-state index contributed by atoms with van der Waals surface area (Å²) in [4.78, 5) is 25.0. The van der Waals surface area contributed by atoms with Crippen molar-refractivity contribution >= 4 is 19.9 Å². The van der Waals surface area contributed by atoms with Gasteiger partial charge in [0.15, 0.2) is 14.1 Å². The molecule has 5 atom stereocenters. The van der Waals surface area contributed by atoms with E-state index in [1.807, 2.05) is 6.08 Å². The molecule has 0 spiro atoms. The quantitative estimate of drug-likeness (QED) is 0.523. The smallest absolute Gasteiger partial charge is 0.192 e. The first-order chi connectivity index (χ1) is 13.4. The van der Waals surface area contributed by atoms with Gasteiger partial charge in [-0.2, -0.15) is 0 Å². The topological polar surface area (TPSA) is 43.4 Å². The van der Waals surface area contributed by atoms with Gasteiger partial charge in [-0.25, -0.2) is 0 Å². The van der Waals surface area contributed by atoms with Gasteiger partial charge in [-0.1, -0.05) is 33.3 Å². The normalized spacial score (nSPS) is 40.2. The maximum atomic E-state index is 12.7. The van der Waals surface area contributed by atoms with Gasteiger partial charge in [0, 0.05) is 30.3 Å². The van der Waals surface area contributed by atoms with Crippen molar-refractivity contribution in [2.24, 2.45) is 28.6 Å². The number of rotatable bonds is 3. The summed E-state index contributed by atoms with van der Waals surface area (Å²) < 4.78 is 6.86. The maximum Gasteiger partial charge on any atom is 0.192 e. The zero-order valence-corrected chi connectivity index (χ0v) is 20.4. The van der Waals surface area contributed by atoms with Crippen LogP contribution in [-0.2, 0) is 14.0 Å². The number of Topliss-reactive ketones (excluding diaryl/α,β-unsaturated/α-hetero) is 1. The molecule has 0 aliphatic heterocycles. The van der Waals surface area contributed by atoms with Crippen LogP contribution in [0.5, 0.6) is 0 Å². The standard InChI is InChI=1S/C25H40O3Si/c1-23(2,3)29(5,6)28-16-25-14-11-18(26)15-17(25)7-8-19-20-9-10-22(27)24(20,4)13-12-21(19)25/h15,19-21H,7-14,16H2,1-6H3/t19-,20-,21-,24-,25+/m0/s1. The van der Waals surface area contributed by atoms with Crippen LogP contribution in [0.4, 0.5) is 0 Å². The molecule has 0 amide bonds. The molecule has 4 rings (SSSR count). The molecule has 0 saturated heterocycles. The molecule has 3 fully saturated rings. The Hall–Kier alpha value is -0.743. The van der Waals surface area contributed by atoms with E-state index in [-0.39, 0.29) is 15.9 Å². The minimum atomic E-state index is -1.86. The highest BCUT2D eigenvalue weighted by molar-refractivity contribution is 6.74. The van der Waals surface area contributed by atoms with Gasteiger partial charge >= 0.3 is 0 Å². The zero-order chi connectivity index (χ0) is 21.2. The van der Waals surface area contributed by atoms with E-state index in [2.05, 4.69) is 40.8 Å². The fraction of sp³-hybridized carbons (Fsp3) is 0.840. The Morgan fingerprint density at radius 2 is 1.76 bits per heavy atom. The highest BCUT2D eigenvalue weighted by Crippen LogP contribution is 2.64. The van der Waals surface area contributed by atoms with Crippen LogP contribution in [0.2, 0.25) is 18.1 Å². The molecule has 0 unspecified atom stereocenters. The van der Waals surface area contributed by atoms with E-state index in [9.17, 15) is 9.59 Å². The van der Waals surface area contributed by atoms with Gasteiger partial charge in [-0.05, 0) is 80.5 Å². The zero-order valence-electron chi connectivity index (χ0n) is 19.4. The largest absolute Gasteiger partial charge is 0.416 e. The highest BCUT2D eigenvalue weighted by atomic mass is 28.4. The number of fused-ring (bicyclic) bond motifs is 5. The Morgan fingerprint density at radius 3 is 2.45 bits per heavy atom. The minimum Gasteiger partial charge on any atom is -0.416 e. The first-order valence-electron chi connectivity index (χ1n) is 11.8. The third-order valence-electron chi connectivity index (χ3n) is 9.89. The van der Waals surface area contributed by atoms with E-state index < -0.39 is 8.32 Å². The number of hydrogen-bond donors (Lipinski definition) is 0. The lowest BCUT2D eigenvalue weighted by Gasteiger charge is -2.58. The lowest BCUT2D eigenvalue weighted by molar-refractivity contribution is -0.133. The van der Waals surface area contributed by atoms with E-state index in [4.69, 9.17) is 4.43 Å². The molecule has 3 saturated carbocycles. The van der Waals surface area contributed by atoms with Crippen LogP contribution < -0.4 is 0 Å². The molecule has 4 aliphatic carbocycles. The van der Waals surface area contributed by atoms with Crippen LogP contribution in [0.15, 0.2) is 11.6 Å². The van der Waals surface area contributed by atoms with Gasteiger partial charge in [-0.3, -0.25) is 9.59 Å². The molecule has 4 aliphatic rings. The van der Waals surface area contributed by atoms with Crippen LogP contribution >= 0.6 is 0 Å². The Bertz CT molecular complexity index is 746. The van der Waals surface area contributed by atoms with Gasteiger partial charge in [0.1, 0.15) is 5.78 Å². The van der Waals surface area contributed by atoms with Crippen LogP contribution in [0, 0.1) is 28.6 Å². The Kier molecular flexibility index (Phi) is 5.10. The van der Waals surface area contributed by atoms with Crippen molar-refractivity contribution in [3.05, 3.63) is 11.6 Å². The predicted molar refractivity (Wildman–Crippen MR) is 119 cm³/mol. The van der Waals surface area contributed by atoms with Crippen molar-refractivity contribution in [3.63, 3.8) is 0 Å². The molecule has 0 aromatic heterocycles. The Morgan fingerprint density at radius 1 is 1.03 bits per heavy atom. The van der Waals surface area contributed by atoms with Crippen LogP contribution in [0.25, 0.3) is 0 Å². The number of carbonyl (C=O) groups excluding carboxylic acids is 2. The Labute approximate surface area is 178 Å². The molecule has 4 heteroatoms. The third-order valence-corrected chi connectivity index (χ3v) is 14.4. The fourth-order valence-corrected chi connectivity index (χ4v) is 7.98. The summed E-state index contributed by atoms with van der Waals surface area (Å²) >= 11 is 0. The number of hydrogen-bond acceptors (Lipinski definition) is 3. The molecule has 0 aromatic carbocycles. The van der Waals surface area contributed by atoms with Crippen LogP contribution in [0.3, 0.4) is 0 Å². The van der Waals surface area contributed by atoms with Crippen molar-refractivity contribution in [2.45, 2.75) is 97.2 Å². The molecule has 162 valence electrons. The van der Waals surface area contributed by atoms with Crippen molar-refractivity contribution in [3.8, 4) is 0 Å². The summed E-state index contributed by atoms with van der Waals surface area (Å²) in [6.45, 7) is 14.6. The Balaban J connectivity index is 1.68. The molecule has 0 heterocycles. The summed E-state index contributed by atoms with van der Waals surface area (Å²) in [5, 5.41) is 0.190. The first-order valence-corrected chi connectivity index (χ1v) is 14.7. The molecule has 3 nitrogen and oxygen atoms in total. The van der Waals surface area contributed by atoms with E-state index >= 15 is 0 Å². The molecule has 0 bridgehead atoms. The monoisotopic (exact) mass is 416 g/mol. The van der Waals surface area contributed by atoms with Crippen molar-refractivity contribution in [1.29, 1.82) is 0 Å². The van der Waals surface area contributed by atoms with E-state index in [1.54, 1.807) is 0 Å². The third kappa shape index (κ3) is 3.24. The van der Waals surface area contributed by atoms with E-state index in [1.165, 1.54) is 5.57 Å². The van der Waals surface area contributed by atoms with Gasteiger partial charge in [0.05, 0.1) is 0 Å². The van der Waals surface area contributed by atoms with Crippen LogP contribution in [-0.4, -0.2) is 26.5 Å². The van der Waals surface area contributed by atoms with Crippen LogP contribution in [0.1, 0.15) is 79.1 Å². The van der Waals surface area contributed by atoms with Crippen molar-refractivity contribution < 1.29 is 14.0 Å². The second-order valence-corrected chi connectivity index (χ2v) is 17.0. The SMILES string of the molecule is CC(C)(C)[Si](C)(C)OC[C@]12CCC(=O)C=C1CC[C@@H]1[C@@H]2CC[C@]2(C)C(=O)CC[C@@H]12. The summed E-state index contributed by atoms with van der Waals surface area (Å²) in [6, 6.07) is 0. The van der Waals surface area contributed by atoms with Gasteiger partial charge in [0.2, 0.25) is 0 Å². The van der Waals surface area contributed by atoms with Gasteiger partial charge < -0.3 is 4.43 Å². The summed E-state index contributed by atoms with van der Waals surface area (Å²) in [5.41, 5.74) is 1.31. The fourth-order valence-electron chi connectivity index (χ4n) is 6.93. The predicted octanol–water partition coefficient (Wildman–Crippen LogP) is 6.09. The number of carbonyl (C=O) groups is 2. The van der Waals surface area contributed by atoms with Gasteiger partial charge in [0.25, 0.3) is 0 Å². The van der Waals surface area contributed by atoms with Crippen molar-refractivity contribution in [2.75, 3.05) is 6.61 Å². The molecular formula is C25H40O3Si. The average Bonchev–Trinajstić information content (AvgIpc) is 2.94. The van der Waals surface area contributed by atoms with E-state index in [0.29, 0.717) is 35.7 Å². The van der Waals surface area contributed by atoms with Gasteiger partial charge in [-0.15, -0.1) is 0 Å². The lowest BCUT2D eigenvalue weighted by Crippen LogP contribution is -2.55. The van der Waals surface area contributed by atoms with Crippen molar-refractivity contribution in [1.82, 2.24) is 0 Å². The molecule has 0 N–H and O–H groups in total.